The summed E-state index contributed by atoms with van der Waals surface area (Å²) < 4.78 is 10.4. The number of fused-ring (bicyclic) bond motifs is 28. The van der Waals surface area contributed by atoms with E-state index in [1.807, 2.05) is 51.4 Å². The molecule has 0 aliphatic rings. The lowest BCUT2D eigenvalue weighted by atomic mass is 9.91. The number of nitrogens with zero attached hydrogens (tertiary/aromatic N) is 5. The number of rotatable bonds is 8. The number of aromatic nitrogens is 5. The van der Waals surface area contributed by atoms with Gasteiger partial charge in [-0.1, -0.05) is 346 Å². The van der Waals surface area contributed by atoms with Gasteiger partial charge in [0.05, 0.1) is 39.3 Å². The predicted octanol–water partition coefficient (Wildman–Crippen LogP) is 36.4. The van der Waals surface area contributed by atoms with Crippen molar-refractivity contribution in [1.29, 1.82) is 0 Å². The van der Waals surface area contributed by atoms with Crippen molar-refractivity contribution in [3.05, 3.63) is 443 Å². The molecule has 622 valence electrons. The second-order valence-corrected chi connectivity index (χ2v) is 38.9. The average Bonchev–Trinajstić information content (AvgIpc) is 1.38. The Balaban J connectivity index is 0.000000102. The molecule has 0 bridgehead atoms. The second-order valence-electron chi connectivity index (χ2n) is 34.6. The van der Waals surface area contributed by atoms with Gasteiger partial charge in [-0.2, -0.15) is 0 Å². The zero-order chi connectivity index (χ0) is 88.0. The monoisotopic (exact) mass is 1770 g/mol. The molecule has 0 aliphatic heterocycles. The summed E-state index contributed by atoms with van der Waals surface area (Å²) in [5, 5.41) is 30.7. The van der Waals surface area contributed by atoms with Crippen LogP contribution >= 0.6 is 45.3 Å². The summed E-state index contributed by atoms with van der Waals surface area (Å²) in [4.78, 5) is 26.8. The summed E-state index contributed by atoms with van der Waals surface area (Å²) >= 11 is 7.42. The molecule has 29 rings (SSSR count). The van der Waals surface area contributed by atoms with Crippen molar-refractivity contribution in [2.45, 2.75) is 0 Å². The Kier molecular flexibility index (Phi) is 18.4. The van der Waals surface area contributed by atoms with E-state index in [1.54, 1.807) is 0 Å². The van der Waals surface area contributed by atoms with Crippen molar-refractivity contribution in [3.63, 3.8) is 0 Å². The third-order valence-corrected chi connectivity index (χ3v) is 31.6. The van der Waals surface area contributed by atoms with Gasteiger partial charge in [0, 0.05) is 130 Å². The first-order valence-electron chi connectivity index (χ1n) is 45.3. The molecule has 0 unspecified atom stereocenters. The van der Waals surface area contributed by atoms with Gasteiger partial charge in [0.15, 0.2) is 5.82 Å². The van der Waals surface area contributed by atoms with Crippen molar-refractivity contribution >= 4 is 234 Å². The Hall–Kier alpha value is -16.4. The zero-order valence-corrected chi connectivity index (χ0v) is 75.3. The zero-order valence-electron chi connectivity index (χ0n) is 72.0. The average molecular weight is 1770 g/mol. The Morgan fingerprint density at radius 1 is 0.157 bits per heavy atom. The highest BCUT2D eigenvalue weighted by atomic mass is 32.1. The number of thiophene rings is 4. The first-order chi connectivity index (χ1) is 66.4. The summed E-state index contributed by atoms with van der Waals surface area (Å²) in [5.74, 6) is 0.632. The van der Waals surface area contributed by atoms with E-state index in [-0.39, 0.29) is 0 Å². The van der Waals surface area contributed by atoms with Crippen LogP contribution in [0.5, 0.6) is 0 Å². The van der Waals surface area contributed by atoms with Crippen molar-refractivity contribution in [3.8, 4) is 89.9 Å². The highest BCUT2D eigenvalue weighted by Gasteiger charge is 2.25. The van der Waals surface area contributed by atoms with Crippen molar-refractivity contribution in [1.82, 2.24) is 24.9 Å². The summed E-state index contributed by atoms with van der Waals surface area (Å²) in [5.41, 5.74) is 19.5. The maximum atomic E-state index is 5.56. The molecule has 9 heteroatoms. The number of hydrogen-bond acceptors (Lipinski definition) is 9. The molecule has 0 N–H and O–H groups in total. The van der Waals surface area contributed by atoms with Crippen LogP contribution in [0.3, 0.4) is 0 Å². The molecule has 0 radical (unpaired) electrons. The second kappa shape index (κ2) is 31.7. The molecule has 134 heavy (non-hydrogen) atoms. The molecular weight excluding hydrogens is 1700 g/mol. The Morgan fingerprint density at radius 3 is 1.20 bits per heavy atom. The molecule has 21 aromatic carbocycles. The topological polar surface area (TPSA) is 64.5 Å². The fourth-order valence-electron chi connectivity index (χ4n) is 20.8. The van der Waals surface area contributed by atoms with Crippen LogP contribution in [0.1, 0.15) is 0 Å². The van der Waals surface area contributed by atoms with Crippen LogP contribution in [0.25, 0.3) is 279 Å². The molecule has 0 aliphatic carbocycles. The highest BCUT2D eigenvalue weighted by Crippen LogP contribution is 2.50. The highest BCUT2D eigenvalue weighted by molar-refractivity contribution is 7.27. The molecule has 8 heterocycles. The predicted molar refractivity (Wildman–Crippen MR) is 578 cm³/mol. The maximum absolute atomic E-state index is 5.56. The van der Waals surface area contributed by atoms with Crippen LogP contribution in [0.2, 0.25) is 0 Å². The first kappa shape index (κ1) is 77.6. The summed E-state index contributed by atoms with van der Waals surface area (Å²) in [7, 11) is 0. The number of hydrogen-bond donors (Lipinski definition) is 0. The molecule has 0 amide bonds. The minimum absolute atomic E-state index is 0.632. The molecule has 0 spiro atoms. The quantitative estimate of drug-likeness (QED) is 0.142. The lowest BCUT2D eigenvalue weighted by molar-refractivity contribution is 1.21. The fourth-order valence-corrected chi connectivity index (χ4v) is 25.3. The molecule has 0 saturated heterocycles. The minimum atomic E-state index is 0.632. The molecular formula is C125H73N5S4. The summed E-state index contributed by atoms with van der Waals surface area (Å²) in [6.07, 6.45) is 0. The summed E-state index contributed by atoms with van der Waals surface area (Å²) in [6.45, 7) is 0. The smallest absolute Gasteiger partial charge is 0.179 e. The molecule has 29 aromatic rings. The lowest BCUT2D eigenvalue weighted by Gasteiger charge is -2.15. The Bertz CT molecular complexity index is 9940. The fraction of sp³-hybridized carbons (Fsp3) is 0. The van der Waals surface area contributed by atoms with Gasteiger partial charge in [0.25, 0.3) is 0 Å². The minimum Gasteiger partial charge on any atom is -0.248 e. The molecule has 0 saturated carbocycles. The molecule has 5 nitrogen and oxygen atoms in total. The van der Waals surface area contributed by atoms with Gasteiger partial charge in [-0.15, -0.1) is 45.3 Å². The first-order valence-corrected chi connectivity index (χ1v) is 48.6. The van der Waals surface area contributed by atoms with E-state index in [9.17, 15) is 0 Å². The van der Waals surface area contributed by atoms with Crippen LogP contribution in [-0.4, -0.2) is 24.9 Å². The van der Waals surface area contributed by atoms with E-state index in [4.69, 9.17) is 24.9 Å². The van der Waals surface area contributed by atoms with E-state index < -0.39 is 0 Å². The summed E-state index contributed by atoms with van der Waals surface area (Å²) in [6, 6.07) is 160. The van der Waals surface area contributed by atoms with Gasteiger partial charge in [-0.05, 0) is 195 Å². The van der Waals surface area contributed by atoms with E-state index in [1.165, 1.54) is 190 Å². The van der Waals surface area contributed by atoms with Gasteiger partial charge in [0.2, 0.25) is 0 Å². The Morgan fingerprint density at radius 2 is 0.582 bits per heavy atom. The SMILES string of the molecule is c1ccc(-c2ccc3cc(-c4nc(-c5nc6c(ccc7sc8ccccc8c76)c6ccccc56)nc5ccccc45)ccc3c2)cc1.c1ccc(-c2cccc(-c3cc(-c4cc5c(ccc6sc7ccccc7c65)c5ccccc45)nc4ccccc34)c2)cc1.c1ccc2c(-c3cccc4c3sc3ccccc34)nc(-c3cc4c(ccc5sc6ccccc6c54)c4ccccc34)cc2c1. The van der Waals surface area contributed by atoms with E-state index in [0.29, 0.717) is 5.82 Å². The van der Waals surface area contributed by atoms with Crippen LogP contribution in [-0.2, 0) is 0 Å². The standard InChI is InChI=1S/C43H25N3S.C41H23NS2.C41H25NS/c1-2-10-26(11-3-1)27-18-19-29-25-30(21-20-28(29)24-27)40-34-14-6-8-16-36(34)44-43(46-40)42-32-13-5-4-12-31(32)33-22-23-38-39(41(33)45-42)35-15-7-9-17-37(35)47-38;1-2-11-25-24(10-1)22-35(42-40(25)32-17-9-16-30-29-14-5-7-18-36(29)44-41(30)32)33-23-34-28(26-12-3-4-13-27(26)33)20-21-38-39(34)31-15-6-8-19-37(31)43-38;1-2-11-26(12-3-1)27-13-10-14-28(23-27)34-25-38(42-37-19-8-6-17-32(34)37)35-24-36-31(29-15-4-5-16-30(29)35)21-22-40-41(36)33-18-7-9-20-39(33)43-40/h1-25H;1-23H;1-25H. The van der Waals surface area contributed by atoms with Crippen molar-refractivity contribution in [2.24, 2.45) is 0 Å². The van der Waals surface area contributed by atoms with E-state index >= 15 is 0 Å². The van der Waals surface area contributed by atoms with Crippen LogP contribution in [0.4, 0.5) is 0 Å². The third-order valence-electron chi connectivity index (χ3n) is 27.0. The number of benzene rings is 21. The van der Waals surface area contributed by atoms with E-state index in [0.717, 1.165) is 83.1 Å². The number of pyridine rings is 3. The van der Waals surface area contributed by atoms with Crippen molar-refractivity contribution < 1.29 is 0 Å². The van der Waals surface area contributed by atoms with Crippen LogP contribution in [0, 0.1) is 0 Å². The van der Waals surface area contributed by atoms with Gasteiger partial charge in [-0.25, -0.2) is 24.9 Å². The maximum Gasteiger partial charge on any atom is 0.179 e. The Labute approximate surface area is 785 Å². The van der Waals surface area contributed by atoms with E-state index in [2.05, 4.69) is 437 Å². The molecule has 8 aromatic heterocycles. The van der Waals surface area contributed by atoms with Gasteiger partial charge in [-0.3, -0.25) is 0 Å². The molecule has 0 fully saturated rings. The third kappa shape index (κ3) is 12.9. The van der Waals surface area contributed by atoms with Crippen molar-refractivity contribution in [2.75, 3.05) is 0 Å². The lowest BCUT2D eigenvalue weighted by Crippen LogP contribution is -1.98. The van der Waals surface area contributed by atoms with Crippen LogP contribution < -0.4 is 0 Å². The van der Waals surface area contributed by atoms with Gasteiger partial charge >= 0.3 is 0 Å². The van der Waals surface area contributed by atoms with Gasteiger partial charge < -0.3 is 0 Å². The normalized spacial score (nSPS) is 11.9. The molecule has 0 atom stereocenters. The largest absolute Gasteiger partial charge is 0.248 e. The van der Waals surface area contributed by atoms with Gasteiger partial charge in [0.1, 0.15) is 5.69 Å². The van der Waals surface area contributed by atoms with Crippen LogP contribution in [0.15, 0.2) is 443 Å². The number of para-hydroxylation sites is 2.